The van der Waals surface area contributed by atoms with Gasteiger partial charge in [0.05, 0.1) is 11.2 Å². The van der Waals surface area contributed by atoms with Crippen molar-refractivity contribution in [2.24, 2.45) is 5.41 Å². The van der Waals surface area contributed by atoms with Gasteiger partial charge in [-0.3, -0.25) is 14.4 Å². The van der Waals surface area contributed by atoms with E-state index in [4.69, 9.17) is 0 Å². The van der Waals surface area contributed by atoms with Crippen LogP contribution in [0.2, 0.25) is 0 Å². The highest BCUT2D eigenvalue weighted by atomic mass is 16.3. The fourth-order valence-corrected chi connectivity index (χ4v) is 2.37. The monoisotopic (exact) mass is 258 g/mol. The van der Waals surface area contributed by atoms with E-state index >= 15 is 0 Å². The van der Waals surface area contributed by atoms with Crippen LogP contribution in [0.4, 0.5) is 0 Å². The summed E-state index contributed by atoms with van der Waals surface area (Å²) in [6, 6.07) is 0. The second kappa shape index (κ2) is 4.90. The highest BCUT2D eigenvalue weighted by Crippen LogP contribution is 2.37. The van der Waals surface area contributed by atoms with Crippen LogP contribution in [0.5, 0.6) is 0 Å². The Morgan fingerprint density at radius 1 is 0.889 bits per heavy atom. The number of aliphatic hydroxyl groups is 2. The predicted molar refractivity (Wildman–Crippen MR) is 66.0 cm³/mol. The minimum Gasteiger partial charge on any atom is -0.390 e. The lowest BCUT2D eigenvalue weighted by atomic mass is 9.63. The zero-order chi connectivity index (χ0) is 14.9. The Labute approximate surface area is 107 Å². The molecule has 0 unspecified atom stereocenters. The second-order valence-electron chi connectivity index (χ2n) is 5.83. The van der Waals surface area contributed by atoms with Crippen LogP contribution in [0.1, 0.15) is 48.0 Å². The molecule has 2 N–H and O–H groups in total. The van der Waals surface area contributed by atoms with Crippen LogP contribution in [0.3, 0.4) is 0 Å². The Morgan fingerprint density at radius 2 is 1.22 bits per heavy atom. The van der Waals surface area contributed by atoms with E-state index in [-0.39, 0.29) is 6.42 Å². The lowest BCUT2D eigenvalue weighted by Gasteiger charge is -2.39. The topological polar surface area (TPSA) is 91.7 Å². The summed E-state index contributed by atoms with van der Waals surface area (Å²) >= 11 is 0. The molecule has 0 aliphatic carbocycles. The molecule has 0 atom stereocenters. The molecule has 104 valence electrons. The average molecular weight is 258 g/mol. The third kappa shape index (κ3) is 3.03. The SMILES string of the molecule is CC(=O)C(C(C)=O)(C(=O)CC(C)(C)O)C(C)(C)O. The number of carbonyl (C=O) groups excluding carboxylic acids is 3. The van der Waals surface area contributed by atoms with Crippen LogP contribution in [0.25, 0.3) is 0 Å². The minimum atomic E-state index is -2.12. The van der Waals surface area contributed by atoms with Crippen molar-refractivity contribution in [3.05, 3.63) is 0 Å². The zero-order valence-electron chi connectivity index (χ0n) is 11.8. The zero-order valence-corrected chi connectivity index (χ0v) is 11.8. The van der Waals surface area contributed by atoms with Gasteiger partial charge in [-0.25, -0.2) is 0 Å². The summed E-state index contributed by atoms with van der Waals surface area (Å²) in [5, 5.41) is 19.7. The van der Waals surface area contributed by atoms with Gasteiger partial charge in [-0.2, -0.15) is 0 Å². The van der Waals surface area contributed by atoms with Gasteiger partial charge in [0.15, 0.2) is 22.8 Å². The van der Waals surface area contributed by atoms with Gasteiger partial charge in [0.2, 0.25) is 0 Å². The van der Waals surface area contributed by atoms with Crippen LogP contribution >= 0.6 is 0 Å². The predicted octanol–water partition coefficient (Wildman–Crippen LogP) is 0.652. The lowest BCUT2D eigenvalue weighted by molar-refractivity contribution is -0.164. The van der Waals surface area contributed by atoms with Crippen molar-refractivity contribution in [3.8, 4) is 0 Å². The standard InChI is InChI=1S/C13H22O5/c1-8(14)13(9(2)15,12(5,6)18)10(16)7-11(3,4)17/h17-18H,7H2,1-6H3. The lowest BCUT2D eigenvalue weighted by Crippen LogP contribution is -2.59. The van der Waals surface area contributed by atoms with Gasteiger partial charge in [0, 0.05) is 6.42 Å². The molecule has 0 amide bonds. The molecule has 0 aromatic carbocycles. The molecule has 0 bridgehead atoms. The molecule has 0 heterocycles. The average Bonchev–Trinajstić information content (AvgIpc) is 1.94. The Morgan fingerprint density at radius 3 is 1.39 bits per heavy atom. The van der Waals surface area contributed by atoms with E-state index in [2.05, 4.69) is 0 Å². The van der Waals surface area contributed by atoms with Crippen molar-refractivity contribution in [2.45, 2.75) is 59.2 Å². The van der Waals surface area contributed by atoms with E-state index in [0.29, 0.717) is 0 Å². The largest absolute Gasteiger partial charge is 0.390 e. The van der Waals surface area contributed by atoms with Crippen molar-refractivity contribution in [2.75, 3.05) is 0 Å². The molecule has 0 aliphatic rings. The van der Waals surface area contributed by atoms with Crippen LogP contribution in [0, 0.1) is 5.41 Å². The first-order chi connectivity index (χ1) is 7.76. The first-order valence-corrected chi connectivity index (χ1v) is 5.77. The third-order valence-electron chi connectivity index (χ3n) is 2.99. The maximum Gasteiger partial charge on any atom is 0.173 e. The molecule has 5 heteroatoms. The van der Waals surface area contributed by atoms with Gasteiger partial charge >= 0.3 is 0 Å². The first-order valence-electron chi connectivity index (χ1n) is 5.77. The fraction of sp³-hybridized carbons (Fsp3) is 0.769. The normalized spacial score (nSPS) is 13.3. The highest BCUT2D eigenvalue weighted by Gasteiger charge is 2.58. The van der Waals surface area contributed by atoms with Gasteiger partial charge in [0.25, 0.3) is 0 Å². The van der Waals surface area contributed by atoms with Gasteiger partial charge in [-0.05, 0) is 41.5 Å². The second-order valence-corrected chi connectivity index (χ2v) is 5.83. The molecule has 0 saturated heterocycles. The van der Waals surface area contributed by atoms with Crippen molar-refractivity contribution in [3.63, 3.8) is 0 Å². The molecule has 0 rings (SSSR count). The summed E-state index contributed by atoms with van der Waals surface area (Å²) in [5.74, 6) is -2.18. The summed E-state index contributed by atoms with van der Waals surface area (Å²) in [5.41, 5.74) is -5.28. The quantitative estimate of drug-likeness (QED) is 0.682. The van der Waals surface area contributed by atoms with Gasteiger partial charge in [-0.15, -0.1) is 0 Å². The smallest absolute Gasteiger partial charge is 0.173 e. The van der Waals surface area contributed by atoms with E-state index in [9.17, 15) is 24.6 Å². The van der Waals surface area contributed by atoms with E-state index in [1.807, 2.05) is 0 Å². The highest BCUT2D eigenvalue weighted by molar-refractivity contribution is 6.24. The summed E-state index contributed by atoms with van der Waals surface area (Å²) in [7, 11) is 0. The molecular weight excluding hydrogens is 236 g/mol. The Balaban J connectivity index is 5.85. The van der Waals surface area contributed by atoms with E-state index in [1.54, 1.807) is 0 Å². The molecule has 0 saturated carbocycles. The number of hydrogen-bond acceptors (Lipinski definition) is 5. The maximum atomic E-state index is 12.2. The van der Waals surface area contributed by atoms with Crippen molar-refractivity contribution < 1.29 is 24.6 Å². The first kappa shape index (κ1) is 16.9. The number of carbonyl (C=O) groups is 3. The molecule has 0 aliphatic heterocycles. The van der Waals surface area contributed by atoms with Gasteiger partial charge in [0.1, 0.15) is 0 Å². The van der Waals surface area contributed by atoms with Gasteiger partial charge in [-0.1, -0.05) is 0 Å². The number of hydrogen-bond donors (Lipinski definition) is 2. The molecule has 0 aromatic rings. The van der Waals surface area contributed by atoms with Crippen LogP contribution < -0.4 is 0 Å². The number of rotatable bonds is 6. The summed E-state index contributed by atoms with van der Waals surface area (Å²) in [6.07, 6.45) is -0.379. The fourth-order valence-electron chi connectivity index (χ4n) is 2.37. The van der Waals surface area contributed by atoms with E-state index in [0.717, 1.165) is 13.8 Å². The molecule has 0 aromatic heterocycles. The van der Waals surface area contributed by atoms with E-state index in [1.165, 1.54) is 27.7 Å². The number of Topliss-reactive ketones (excluding diaryl/α,β-unsaturated/α-hetero) is 3. The van der Waals surface area contributed by atoms with Crippen molar-refractivity contribution in [1.82, 2.24) is 0 Å². The van der Waals surface area contributed by atoms with Crippen molar-refractivity contribution in [1.29, 1.82) is 0 Å². The maximum absolute atomic E-state index is 12.2. The van der Waals surface area contributed by atoms with Crippen LogP contribution in [-0.4, -0.2) is 38.8 Å². The van der Waals surface area contributed by atoms with Crippen LogP contribution in [-0.2, 0) is 14.4 Å². The molecule has 18 heavy (non-hydrogen) atoms. The summed E-state index contributed by atoms with van der Waals surface area (Å²) < 4.78 is 0. The minimum absolute atomic E-state index is 0.379. The van der Waals surface area contributed by atoms with Crippen LogP contribution in [0.15, 0.2) is 0 Å². The van der Waals surface area contributed by atoms with E-state index < -0.39 is 34.0 Å². The molecular formula is C13H22O5. The summed E-state index contributed by atoms with van der Waals surface area (Å²) in [4.78, 5) is 35.8. The Hall–Kier alpha value is -1.07. The van der Waals surface area contributed by atoms with Crippen molar-refractivity contribution >= 4 is 17.3 Å². The Bertz CT molecular complexity index is 354. The molecule has 0 fully saturated rings. The third-order valence-corrected chi connectivity index (χ3v) is 2.99. The Kier molecular flexibility index (Phi) is 4.61. The summed E-state index contributed by atoms with van der Waals surface area (Å²) in [6.45, 7) is 7.50. The number of ketones is 3. The molecule has 0 radical (unpaired) electrons. The molecule has 0 spiro atoms. The van der Waals surface area contributed by atoms with Gasteiger partial charge < -0.3 is 10.2 Å². The molecule has 5 nitrogen and oxygen atoms in total.